The number of benzene rings is 2. The number of aryl methyl sites for hydroxylation is 1. The number of hydrogen-bond acceptors (Lipinski definition) is 4. The second kappa shape index (κ2) is 8.88. The molecule has 5 heteroatoms. The molecule has 4 rings (SSSR count). The van der Waals surface area contributed by atoms with E-state index in [1.807, 2.05) is 42.5 Å². The van der Waals surface area contributed by atoms with Crippen LogP contribution in [0.15, 0.2) is 72.9 Å². The number of para-hydroxylation sites is 1. The van der Waals surface area contributed by atoms with Gasteiger partial charge in [0.15, 0.2) is 0 Å². The smallest absolute Gasteiger partial charge is 0.257 e. The summed E-state index contributed by atoms with van der Waals surface area (Å²) in [5, 5.41) is 6.53. The summed E-state index contributed by atoms with van der Waals surface area (Å²) < 4.78 is 0. The third-order valence-electron chi connectivity index (χ3n) is 5.27. The average Bonchev–Trinajstić information content (AvgIpc) is 3.23. The molecule has 148 valence electrons. The van der Waals surface area contributed by atoms with Gasteiger partial charge in [-0.15, -0.1) is 0 Å². The van der Waals surface area contributed by atoms with Gasteiger partial charge < -0.3 is 15.5 Å². The number of carbonyl (C=O) groups is 1. The van der Waals surface area contributed by atoms with Gasteiger partial charge >= 0.3 is 0 Å². The monoisotopic (exact) mass is 386 g/mol. The normalized spacial score (nSPS) is 16.0. The largest absolute Gasteiger partial charge is 0.355 e. The quantitative estimate of drug-likeness (QED) is 0.672. The number of pyridine rings is 1. The van der Waals surface area contributed by atoms with Gasteiger partial charge in [-0.1, -0.05) is 48.0 Å². The molecular weight excluding hydrogens is 360 g/mol. The van der Waals surface area contributed by atoms with Crippen molar-refractivity contribution < 1.29 is 4.79 Å². The highest BCUT2D eigenvalue weighted by Gasteiger charge is 2.23. The van der Waals surface area contributed by atoms with Crippen LogP contribution in [0.5, 0.6) is 0 Å². The van der Waals surface area contributed by atoms with Crippen molar-refractivity contribution in [3.63, 3.8) is 0 Å². The number of nitrogens with zero attached hydrogens (tertiary/aromatic N) is 2. The molecule has 2 N–H and O–H groups in total. The maximum absolute atomic E-state index is 12.4. The topological polar surface area (TPSA) is 57.3 Å². The summed E-state index contributed by atoms with van der Waals surface area (Å²) in [6.07, 6.45) is 2.74. The minimum absolute atomic E-state index is 0.144. The maximum atomic E-state index is 12.4. The SMILES string of the molecule is Cc1ccc(CNC2CCN(c3ccc(C(=O)Nc4ccccc4)cn3)C2)cc1. The fourth-order valence-electron chi connectivity index (χ4n) is 3.54. The van der Waals surface area contributed by atoms with Gasteiger partial charge in [0.2, 0.25) is 0 Å². The van der Waals surface area contributed by atoms with Crippen molar-refractivity contribution >= 4 is 17.4 Å². The van der Waals surface area contributed by atoms with Crippen LogP contribution < -0.4 is 15.5 Å². The van der Waals surface area contributed by atoms with Crippen molar-refractivity contribution in [2.75, 3.05) is 23.3 Å². The highest BCUT2D eigenvalue weighted by atomic mass is 16.1. The predicted molar refractivity (Wildman–Crippen MR) is 117 cm³/mol. The molecule has 0 spiro atoms. The molecule has 3 aromatic rings. The molecule has 1 saturated heterocycles. The van der Waals surface area contributed by atoms with Gasteiger partial charge in [0.1, 0.15) is 5.82 Å². The fraction of sp³-hybridized carbons (Fsp3) is 0.250. The number of nitrogens with one attached hydrogen (secondary N) is 2. The average molecular weight is 386 g/mol. The van der Waals surface area contributed by atoms with E-state index in [2.05, 4.69) is 51.7 Å². The molecule has 1 unspecified atom stereocenters. The molecular formula is C24H26N4O. The molecule has 1 aromatic heterocycles. The molecule has 0 saturated carbocycles. The van der Waals surface area contributed by atoms with Gasteiger partial charge in [0.05, 0.1) is 5.56 Å². The summed E-state index contributed by atoms with van der Waals surface area (Å²) in [4.78, 5) is 19.2. The number of carbonyl (C=O) groups excluding carboxylic acids is 1. The molecule has 0 radical (unpaired) electrons. The Balaban J connectivity index is 1.30. The van der Waals surface area contributed by atoms with E-state index in [0.717, 1.165) is 37.6 Å². The van der Waals surface area contributed by atoms with Gasteiger partial charge in [-0.2, -0.15) is 0 Å². The molecule has 0 aliphatic carbocycles. The molecule has 5 nitrogen and oxygen atoms in total. The van der Waals surface area contributed by atoms with E-state index in [0.29, 0.717) is 11.6 Å². The molecule has 1 amide bonds. The van der Waals surface area contributed by atoms with Gasteiger partial charge in [0.25, 0.3) is 5.91 Å². The Morgan fingerprint density at radius 1 is 1.07 bits per heavy atom. The van der Waals surface area contributed by atoms with Crippen molar-refractivity contribution in [1.82, 2.24) is 10.3 Å². The van der Waals surface area contributed by atoms with Gasteiger partial charge in [-0.3, -0.25) is 4.79 Å². The first-order valence-electron chi connectivity index (χ1n) is 10.0. The fourth-order valence-corrected chi connectivity index (χ4v) is 3.54. The van der Waals surface area contributed by atoms with Crippen LogP contribution >= 0.6 is 0 Å². The van der Waals surface area contributed by atoms with Gasteiger partial charge in [-0.25, -0.2) is 4.98 Å². The van der Waals surface area contributed by atoms with E-state index in [4.69, 9.17) is 0 Å². The molecule has 1 atom stereocenters. The third-order valence-corrected chi connectivity index (χ3v) is 5.27. The highest BCUT2D eigenvalue weighted by Crippen LogP contribution is 2.19. The Bertz CT molecular complexity index is 939. The van der Waals surface area contributed by atoms with E-state index >= 15 is 0 Å². The van der Waals surface area contributed by atoms with Crippen molar-refractivity contribution in [3.8, 4) is 0 Å². The number of rotatable bonds is 6. The molecule has 2 heterocycles. The summed E-state index contributed by atoms with van der Waals surface area (Å²) >= 11 is 0. The van der Waals surface area contributed by atoms with Crippen molar-refractivity contribution in [2.24, 2.45) is 0 Å². The second-order valence-corrected chi connectivity index (χ2v) is 7.52. The summed E-state index contributed by atoms with van der Waals surface area (Å²) in [6, 6.07) is 22.3. The maximum Gasteiger partial charge on any atom is 0.257 e. The highest BCUT2D eigenvalue weighted by molar-refractivity contribution is 6.04. The van der Waals surface area contributed by atoms with Gasteiger partial charge in [-0.05, 0) is 43.2 Å². The first kappa shape index (κ1) is 19.2. The van der Waals surface area contributed by atoms with Crippen LogP contribution in [0.25, 0.3) is 0 Å². The Labute approximate surface area is 171 Å². The lowest BCUT2D eigenvalue weighted by molar-refractivity contribution is 0.102. The zero-order chi connectivity index (χ0) is 20.1. The van der Waals surface area contributed by atoms with Crippen molar-refractivity contribution in [3.05, 3.63) is 89.6 Å². The van der Waals surface area contributed by atoms with E-state index in [9.17, 15) is 4.79 Å². The van der Waals surface area contributed by atoms with Crippen LogP contribution in [0.4, 0.5) is 11.5 Å². The zero-order valence-corrected chi connectivity index (χ0v) is 16.6. The summed E-state index contributed by atoms with van der Waals surface area (Å²) in [7, 11) is 0. The third kappa shape index (κ3) is 5.00. The molecule has 2 aromatic carbocycles. The Morgan fingerprint density at radius 2 is 1.86 bits per heavy atom. The van der Waals surface area contributed by atoms with Crippen LogP contribution in [0.3, 0.4) is 0 Å². The van der Waals surface area contributed by atoms with Crippen LogP contribution in [-0.4, -0.2) is 30.0 Å². The molecule has 29 heavy (non-hydrogen) atoms. The first-order valence-corrected chi connectivity index (χ1v) is 10.0. The Morgan fingerprint density at radius 3 is 2.59 bits per heavy atom. The van der Waals surface area contributed by atoms with Crippen molar-refractivity contribution in [1.29, 1.82) is 0 Å². The number of amides is 1. The molecule has 1 fully saturated rings. The van der Waals surface area contributed by atoms with Gasteiger partial charge in [0, 0.05) is 37.6 Å². The lowest BCUT2D eigenvalue weighted by Crippen LogP contribution is -2.32. The predicted octanol–water partition coefficient (Wildman–Crippen LogP) is 4.01. The number of aromatic nitrogens is 1. The van der Waals surface area contributed by atoms with Crippen LogP contribution in [0.1, 0.15) is 27.9 Å². The minimum atomic E-state index is -0.144. The summed E-state index contributed by atoms with van der Waals surface area (Å²) in [5.41, 5.74) is 3.93. The standard InChI is InChI=1S/C24H26N4O/c1-18-7-9-19(10-8-18)15-25-22-13-14-28(17-22)23-12-11-20(16-26-23)24(29)27-21-5-3-2-4-6-21/h2-12,16,22,25H,13-15,17H2,1H3,(H,27,29). The van der Waals surface area contributed by atoms with E-state index in [1.165, 1.54) is 11.1 Å². The lowest BCUT2D eigenvalue weighted by atomic mass is 10.1. The number of hydrogen-bond donors (Lipinski definition) is 2. The Kier molecular flexibility index (Phi) is 5.86. The second-order valence-electron chi connectivity index (χ2n) is 7.52. The lowest BCUT2D eigenvalue weighted by Gasteiger charge is -2.18. The van der Waals surface area contributed by atoms with Crippen LogP contribution in [-0.2, 0) is 6.54 Å². The van der Waals surface area contributed by atoms with E-state index in [-0.39, 0.29) is 5.91 Å². The molecule has 1 aliphatic heterocycles. The number of anilines is 2. The summed E-state index contributed by atoms with van der Waals surface area (Å²) in [5.74, 6) is 0.773. The van der Waals surface area contributed by atoms with Crippen LogP contribution in [0, 0.1) is 6.92 Å². The molecule has 1 aliphatic rings. The molecule has 0 bridgehead atoms. The van der Waals surface area contributed by atoms with E-state index in [1.54, 1.807) is 6.20 Å². The first-order chi connectivity index (χ1) is 14.2. The summed E-state index contributed by atoms with van der Waals surface area (Å²) in [6.45, 7) is 4.88. The van der Waals surface area contributed by atoms with Crippen molar-refractivity contribution in [2.45, 2.75) is 25.9 Å². The Hall–Kier alpha value is -3.18. The van der Waals surface area contributed by atoms with E-state index < -0.39 is 0 Å². The zero-order valence-electron chi connectivity index (χ0n) is 16.6. The van der Waals surface area contributed by atoms with Crippen LogP contribution in [0.2, 0.25) is 0 Å². The minimum Gasteiger partial charge on any atom is -0.355 e.